The lowest BCUT2D eigenvalue weighted by Gasteiger charge is -2.40. The maximum Gasteiger partial charge on any atom is 0.195 e. The lowest BCUT2D eigenvalue weighted by atomic mass is 9.99. The molecule has 0 spiro atoms. The molecule has 1 aliphatic rings. The average molecular weight is 315 g/mol. The van der Waals surface area contributed by atoms with E-state index in [4.69, 9.17) is 32.5 Å². The molecule has 1 heterocycles. The number of para-hydroxylation sites is 1. The van der Waals surface area contributed by atoms with E-state index in [0.717, 1.165) is 0 Å². The van der Waals surface area contributed by atoms with Gasteiger partial charge in [0.15, 0.2) is 12.4 Å². The van der Waals surface area contributed by atoms with E-state index in [0.29, 0.717) is 5.56 Å². The van der Waals surface area contributed by atoms with Crippen molar-refractivity contribution < 1.29 is 29.9 Å². The predicted octanol–water partition coefficient (Wildman–Crippen LogP) is -1.50. The Kier molecular flexibility index (Phi) is 5.09. The topological polar surface area (TPSA) is 125 Å². The van der Waals surface area contributed by atoms with Crippen LogP contribution in [0.25, 0.3) is 0 Å². The zero-order valence-electron chi connectivity index (χ0n) is 11.0. The van der Waals surface area contributed by atoms with Gasteiger partial charge in [0.1, 0.15) is 29.0 Å². The van der Waals surface area contributed by atoms with Crippen molar-refractivity contribution in [2.24, 2.45) is 5.73 Å². The first-order valence-corrected chi connectivity index (χ1v) is 6.72. The molecule has 0 aromatic heterocycles. The summed E-state index contributed by atoms with van der Waals surface area (Å²) < 4.78 is 10.5. The van der Waals surface area contributed by atoms with Crippen molar-refractivity contribution in [2.45, 2.75) is 30.7 Å². The molecule has 21 heavy (non-hydrogen) atoms. The maximum absolute atomic E-state index is 10.0. The fourth-order valence-corrected chi connectivity index (χ4v) is 2.29. The number of rotatable bonds is 4. The Bertz CT molecular complexity index is 513. The molecule has 0 saturated carbocycles. The fourth-order valence-electron chi connectivity index (χ4n) is 2.12. The van der Waals surface area contributed by atoms with Crippen LogP contribution in [0.5, 0.6) is 5.75 Å². The molecule has 0 aliphatic carbocycles. The van der Waals surface area contributed by atoms with Crippen LogP contribution < -0.4 is 10.5 Å². The Morgan fingerprint density at radius 3 is 2.52 bits per heavy atom. The first-order valence-electron chi connectivity index (χ1n) is 6.31. The second-order valence-electron chi connectivity index (χ2n) is 4.67. The molecule has 1 fully saturated rings. The molecule has 8 heteroatoms. The van der Waals surface area contributed by atoms with E-state index < -0.39 is 37.3 Å². The summed E-state index contributed by atoms with van der Waals surface area (Å²) in [6.07, 6.45) is -6.66. The Labute approximate surface area is 126 Å². The van der Waals surface area contributed by atoms with Crippen LogP contribution in [0.2, 0.25) is 0 Å². The molecule has 2 rings (SSSR count). The summed E-state index contributed by atoms with van der Waals surface area (Å²) in [6, 6.07) is 6.58. The third kappa shape index (κ3) is 3.31. The Hall–Kier alpha value is -1.29. The Balaban J connectivity index is 2.21. The van der Waals surface area contributed by atoms with Gasteiger partial charge in [-0.05, 0) is 12.1 Å². The summed E-state index contributed by atoms with van der Waals surface area (Å²) in [6.45, 7) is -0.536. The van der Waals surface area contributed by atoms with Crippen molar-refractivity contribution in [1.82, 2.24) is 0 Å². The van der Waals surface area contributed by atoms with Crippen LogP contribution >= 0.6 is 12.2 Å². The zero-order valence-corrected chi connectivity index (χ0v) is 11.8. The van der Waals surface area contributed by atoms with Gasteiger partial charge in [0.2, 0.25) is 0 Å². The van der Waals surface area contributed by atoms with Crippen molar-refractivity contribution in [3.05, 3.63) is 29.8 Å². The summed E-state index contributed by atoms with van der Waals surface area (Å²) >= 11 is 4.90. The van der Waals surface area contributed by atoms with E-state index in [2.05, 4.69) is 0 Å². The van der Waals surface area contributed by atoms with E-state index in [-0.39, 0.29) is 10.7 Å². The van der Waals surface area contributed by atoms with Crippen LogP contribution in [0, 0.1) is 0 Å². The quantitative estimate of drug-likeness (QED) is 0.425. The maximum atomic E-state index is 10.0. The molecule has 0 unspecified atom stereocenters. The first-order chi connectivity index (χ1) is 9.95. The number of thiocarbonyl (C=S) groups is 1. The number of aliphatic hydroxyl groups is 4. The van der Waals surface area contributed by atoms with Crippen molar-refractivity contribution in [1.29, 1.82) is 0 Å². The minimum Gasteiger partial charge on any atom is -0.482 e. The van der Waals surface area contributed by atoms with E-state index in [1.165, 1.54) is 0 Å². The highest BCUT2D eigenvalue weighted by molar-refractivity contribution is 7.80. The molecular formula is C13H17NO6S. The van der Waals surface area contributed by atoms with Gasteiger partial charge in [-0.25, -0.2) is 0 Å². The molecule has 1 aliphatic heterocycles. The standard InChI is InChI=1S/C13H17NO6S/c14-12(21)6-3-1-2-4-7(6)19-11-10(17)9(16)8(5-15)20-13(11)18/h1-4,8-11,13,15-18H,5H2,(H2,14,21)/t8-,9+,10+,11-,13-/m1/s1. The van der Waals surface area contributed by atoms with Gasteiger partial charge < -0.3 is 35.6 Å². The molecule has 116 valence electrons. The van der Waals surface area contributed by atoms with Crippen molar-refractivity contribution in [3.8, 4) is 5.75 Å². The molecular weight excluding hydrogens is 298 g/mol. The van der Waals surface area contributed by atoms with E-state index in [1.54, 1.807) is 24.3 Å². The van der Waals surface area contributed by atoms with Crippen LogP contribution in [0.3, 0.4) is 0 Å². The third-order valence-corrected chi connectivity index (χ3v) is 3.48. The highest BCUT2D eigenvalue weighted by Crippen LogP contribution is 2.26. The second kappa shape index (κ2) is 6.65. The number of hydrogen-bond acceptors (Lipinski definition) is 7. The number of benzene rings is 1. The summed E-state index contributed by atoms with van der Waals surface area (Å²) in [4.78, 5) is 0.0973. The van der Waals surface area contributed by atoms with Gasteiger partial charge in [-0.1, -0.05) is 24.4 Å². The number of hydrogen-bond donors (Lipinski definition) is 5. The van der Waals surface area contributed by atoms with Gasteiger partial charge in [0.05, 0.1) is 12.2 Å². The minimum atomic E-state index is -1.51. The van der Waals surface area contributed by atoms with Crippen molar-refractivity contribution >= 4 is 17.2 Å². The third-order valence-electron chi connectivity index (χ3n) is 3.26. The monoisotopic (exact) mass is 315 g/mol. The van der Waals surface area contributed by atoms with Gasteiger partial charge in [-0.15, -0.1) is 0 Å². The van der Waals surface area contributed by atoms with Gasteiger partial charge in [0, 0.05) is 0 Å². The molecule has 6 N–H and O–H groups in total. The van der Waals surface area contributed by atoms with E-state index >= 15 is 0 Å². The molecule has 1 aromatic carbocycles. The second-order valence-corrected chi connectivity index (χ2v) is 5.11. The number of ether oxygens (including phenoxy) is 2. The minimum absolute atomic E-state index is 0.0973. The lowest BCUT2D eigenvalue weighted by Crippen LogP contribution is -2.60. The van der Waals surface area contributed by atoms with E-state index in [1.807, 2.05) is 0 Å². The van der Waals surface area contributed by atoms with Gasteiger partial charge in [-0.3, -0.25) is 0 Å². The Morgan fingerprint density at radius 2 is 1.90 bits per heavy atom. The molecule has 7 nitrogen and oxygen atoms in total. The van der Waals surface area contributed by atoms with Gasteiger partial charge in [0.25, 0.3) is 0 Å². The summed E-state index contributed by atoms with van der Waals surface area (Å²) in [5.41, 5.74) is 6.01. The van der Waals surface area contributed by atoms with Gasteiger partial charge in [-0.2, -0.15) is 0 Å². The van der Waals surface area contributed by atoms with Crippen LogP contribution in [0.1, 0.15) is 5.56 Å². The van der Waals surface area contributed by atoms with E-state index in [9.17, 15) is 15.3 Å². The highest BCUT2D eigenvalue weighted by atomic mass is 32.1. The van der Waals surface area contributed by atoms with Crippen LogP contribution in [0.15, 0.2) is 24.3 Å². The molecule has 0 amide bonds. The largest absolute Gasteiger partial charge is 0.482 e. The normalized spacial score (nSPS) is 32.7. The number of aliphatic hydroxyl groups excluding tert-OH is 4. The molecule has 5 atom stereocenters. The van der Waals surface area contributed by atoms with Crippen LogP contribution in [-0.4, -0.2) is 62.7 Å². The molecule has 1 aromatic rings. The zero-order chi connectivity index (χ0) is 15.6. The van der Waals surface area contributed by atoms with Crippen LogP contribution in [-0.2, 0) is 4.74 Å². The first kappa shape index (κ1) is 16.1. The molecule has 0 bridgehead atoms. The van der Waals surface area contributed by atoms with Crippen molar-refractivity contribution in [3.63, 3.8) is 0 Å². The summed E-state index contributed by atoms with van der Waals surface area (Å²) in [5.74, 6) is 0.256. The molecule has 0 radical (unpaired) electrons. The smallest absolute Gasteiger partial charge is 0.195 e. The Morgan fingerprint density at radius 1 is 1.24 bits per heavy atom. The average Bonchev–Trinajstić information content (AvgIpc) is 2.47. The fraction of sp³-hybridized carbons (Fsp3) is 0.462. The highest BCUT2D eigenvalue weighted by Gasteiger charge is 2.45. The lowest BCUT2D eigenvalue weighted by molar-refractivity contribution is -0.280. The predicted molar refractivity (Wildman–Crippen MR) is 76.7 cm³/mol. The van der Waals surface area contributed by atoms with Crippen molar-refractivity contribution in [2.75, 3.05) is 6.61 Å². The summed E-state index contributed by atoms with van der Waals surface area (Å²) in [7, 11) is 0. The number of nitrogens with two attached hydrogens (primary N) is 1. The van der Waals surface area contributed by atoms with Gasteiger partial charge >= 0.3 is 0 Å². The summed E-state index contributed by atoms with van der Waals surface area (Å²) in [5, 5.41) is 38.7. The molecule has 1 saturated heterocycles. The SMILES string of the molecule is NC(=S)c1ccccc1O[C@@H]1[C@@H](O)[C@@H](O)[C@@H](CO)O[C@H]1O. The van der Waals surface area contributed by atoms with Crippen LogP contribution in [0.4, 0.5) is 0 Å².